The van der Waals surface area contributed by atoms with E-state index in [-0.39, 0.29) is 24.3 Å². The number of amides is 1. The Bertz CT molecular complexity index is 320. The summed E-state index contributed by atoms with van der Waals surface area (Å²) in [5, 5.41) is 11.7. The topological polar surface area (TPSA) is 84.9 Å². The zero-order valence-corrected chi connectivity index (χ0v) is 10.3. The minimum Gasteiger partial charge on any atom is -0.481 e. The molecule has 1 saturated carbocycles. The fraction of sp³-hybridized carbons (Fsp3) is 0.833. The normalized spacial score (nSPS) is 26.1. The summed E-state index contributed by atoms with van der Waals surface area (Å²) in [7, 11) is 0. The van der Waals surface area contributed by atoms with Crippen LogP contribution in [0.25, 0.3) is 0 Å². The lowest BCUT2D eigenvalue weighted by Crippen LogP contribution is -2.49. The fourth-order valence-electron chi connectivity index (χ4n) is 2.44. The number of carboxylic acid groups (broad SMARTS) is 1. The van der Waals surface area contributed by atoms with E-state index >= 15 is 0 Å². The zero-order chi connectivity index (χ0) is 13.0. The summed E-state index contributed by atoms with van der Waals surface area (Å²) >= 11 is 0. The first-order chi connectivity index (χ1) is 8.61. The summed E-state index contributed by atoms with van der Waals surface area (Å²) in [5.41, 5.74) is -0.253. The molecule has 1 aliphatic carbocycles. The summed E-state index contributed by atoms with van der Waals surface area (Å²) in [6.45, 7) is 1.64. The van der Waals surface area contributed by atoms with Gasteiger partial charge in [0.15, 0.2) is 6.10 Å². The van der Waals surface area contributed by atoms with Crippen molar-refractivity contribution in [1.29, 1.82) is 0 Å². The molecule has 6 heteroatoms. The third-order valence-corrected chi connectivity index (χ3v) is 3.69. The molecular formula is C12H19NO5. The average Bonchev–Trinajstić information content (AvgIpc) is 2.32. The van der Waals surface area contributed by atoms with Gasteiger partial charge in [0.1, 0.15) is 0 Å². The summed E-state index contributed by atoms with van der Waals surface area (Å²) in [6.07, 6.45) is 2.32. The predicted molar refractivity (Wildman–Crippen MR) is 62.1 cm³/mol. The Morgan fingerprint density at radius 2 is 2.11 bits per heavy atom. The van der Waals surface area contributed by atoms with E-state index in [9.17, 15) is 9.59 Å². The minimum absolute atomic E-state index is 0.120. The molecule has 1 atom stereocenters. The van der Waals surface area contributed by atoms with Crippen molar-refractivity contribution in [2.24, 2.45) is 5.41 Å². The number of nitrogens with one attached hydrogen (secondary N) is 1. The van der Waals surface area contributed by atoms with Gasteiger partial charge < -0.3 is 19.9 Å². The van der Waals surface area contributed by atoms with Crippen LogP contribution in [0.4, 0.5) is 0 Å². The van der Waals surface area contributed by atoms with E-state index < -0.39 is 12.1 Å². The van der Waals surface area contributed by atoms with Gasteiger partial charge in [0.2, 0.25) is 0 Å². The van der Waals surface area contributed by atoms with Crippen molar-refractivity contribution in [3.63, 3.8) is 0 Å². The molecular weight excluding hydrogens is 238 g/mol. The van der Waals surface area contributed by atoms with Crippen LogP contribution in [0.5, 0.6) is 0 Å². The molecule has 2 fully saturated rings. The molecule has 0 spiro atoms. The van der Waals surface area contributed by atoms with E-state index in [4.69, 9.17) is 14.6 Å². The monoisotopic (exact) mass is 257 g/mol. The number of hydrogen-bond acceptors (Lipinski definition) is 4. The van der Waals surface area contributed by atoms with E-state index in [1.807, 2.05) is 0 Å². The lowest BCUT2D eigenvalue weighted by Gasteiger charge is -2.41. The molecule has 0 aromatic heterocycles. The Morgan fingerprint density at radius 1 is 1.33 bits per heavy atom. The van der Waals surface area contributed by atoms with Crippen LogP contribution in [0, 0.1) is 5.41 Å². The molecule has 2 aliphatic rings. The van der Waals surface area contributed by atoms with Crippen molar-refractivity contribution in [2.45, 2.75) is 31.8 Å². The van der Waals surface area contributed by atoms with Crippen molar-refractivity contribution in [3.8, 4) is 0 Å². The first-order valence-electron chi connectivity index (χ1n) is 6.30. The molecule has 0 radical (unpaired) electrons. The van der Waals surface area contributed by atoms with E-state index in [1.165, 1.54) is 0 Å². The third-order valence-electron chi connectivity index (χ3n) is 3.69. The van der Waals surface area contributed by atoms with E-state index in [1.54, 1.807) is 0 Å². The van der Waals surface area contributed by atoms with Crippen LogP contribution >= 0.6 is 0 Å². The molecule has 1 saturated heterocycles. The SMILES string of the molecule is O=C(O)CC1(CNC(=O)C2COCCO2)CCC1. The Balaban J connectivity index is 1.78. The van der Waals surface area contributed by atoms with Crippen molar-refractivity contribution >= 4 is 11.9 Å². The van der Waals surface area contributed by atoms with Gasteiger partial charge in [0, 0.05) is 6.54 Å². The van der Waals surface area contributed by atoms with Crippen molar-refractivity contribution in [2.75, 3.05) is 26.4 Å². The Kier molecular flexibility index (Phi) is 4.19. The number of aliphatic carboxylic acids is 1. The van der Waals surface area contributed by atoms with Crippen LogP contribution in [0.1, 0.15) is 25.7 Å². The van der Waals surface area contributed by atoms with Gasteiger partial charge in [-0.2, -0.15) is 0 Å². The molecule has 1 heterocycles. The molecule has 2 rings (SSSR count). The van der Waals surface area contributed by atoms with Crippen LogP contribution in [0.3, 0.4) is 0 Å². The fourth-order valence-corrected chi connectivity index (χ4v) is 2.44. The molecule has 1 unspecified atom stereocenters. The first kappa shape index (κ1) is 13.3. The van der Waals surface area contributed by atoms with Crippen molar-refractivity contribution in [3.05, 3.63) is 0 Å². The molecule has 1 aliphatic heterocycles. The molecule has 18 heavy (non-hydrogen) atoms. The number of ether oxygens (including phenoxy) is 2. The minimum atomic E-state index is -0.804. The van der Waals surface area contributed by atoms with Gasteiger partial charge in [0.05, 0.1) is 26.2 Å². The highest BCUT2D eigenvalue weighted by molar-refractivity contribution is 5.81. The van der Waals surface area contributed by atoms with Gasteiger partial charge in [-0.3, -0.25) is 9.59 Å². The van der Waals surface area contributed by atoms with Gasteiger partial charge in [-0.15, -0.1) is 0 Å². The summed E-state index contributed by atoms with van der Waals surface area (Å²) in [4.78, 5) is 22.6. The quantitative estimate of drug-likeness (QED) is 0.733. The van der Waals surface area contributed by atoms with Gasteiger partial charge in [-0.05, 0) is 18.3 Å². The van der Waals surface area contributed by atoms with Crippen molar-refractivity contribution in [1.82, 2.24) is 5.32 Å². The second-order valence-corrected chi connectivity index (χ2v) is 5.08. The Labute approximate surface area is 106 Å². The maximum absolute atomic E-state index is 11.8. The van der Waals surface area contributed by atoms with Crippen LogP contribution in [-0.4, -0.2) is 49.5 Å². The number of carbonyl (C=O) groups is 2. The zero-order valence-electron chi connectivity index (χ0n) is 10.3. The maximum atomic E-state index is 11.8. The lowest BCUT2D eigenvalue weighted by molar-refractivity contribution is -0.149. The van der Waals surface area contributed by atoms with E-state index in [2.05, 4.69) is 5.32 Å². The predicted octanol–water partition coefficient (Wildman–Crippen LogP) is 0.163. The number of carbonyl (C=O) groups excluding carboxylic acids is 1. The summed E-state index contributed by atoms with van der Waals surface area (Å²) in [6, 6.07) is 0. The molecule has 102 valence electrons. The Morgan fingerprint density at radius 3 is 2.61 bits per heavy atom. The van der Waals surface area contributed by atoms with Gasteiger partial charge in [0.25, 0.3) is 5.91 Å². The number of carboxylic acids is 1. The Hall–Kier alpha value is -1.14. The van der Waals surface area contributed by atoms with Gasteiger partial charge in [-0.25, -0.2) is 0 Å². The van der Waals surface area contributed by atoms with Crippen LogP contribution in [0.15, 0.2) is 0 Å². The first-order valence-corrected chi connectivity index (χ1v) is 6.30. The van der Waals surface area contributed by atoms with Crippen LogP contribution in [-0.2, 0) is 19.1 Å². The molecule has 1 amide bonds. The average molecular weight is 257 g/mol. The molecule has 0 bridgehead atoms. The summed E-state index contributed by atoms with van der Waals surface area (Å²) < 4.78 is 10.4. The standard InChI is InChI=1S/C12H19NO5/c14-10(15)6-12(2-1-3-12)8-13-11(16)9-7-17-4-5-18-9/h9H,1-8H2,(H,13,16)(H,14,15). The second kappa shape index (κ2) is 5.67. The lowest BCUT2D eigenvalue weighted by atomic mass is 9.66. The van der Waals surface area contributed by atoms with Crippen molar-refractivity contribution < 1.29 is 24.2 Å². The largest absolute Gasteiger partial charge is 0.481 e. The van der Waals surface area contributed by atoms with E-state index in [0.717, 1.165) is 19.3 Å². The van der Waals surface area contributed by atoms with E-state index in [0.29, 0.717) is 19.8 Å². The highest BCUT2D eigenvalue weighted by Crippen LogP contribution is 2.43. The maximum Gasteiger partial charge on any atom is 0.303 e. The van der Waals surface area contributed by atoms with Gasteiger partial charge in [-0.1, -0.05) is 6.42 Å². The molecule has 0 aromatic rings. The third kappa shape index (κ3) is 3.20. The molecule has 2 N–H and O–H groups in total. The molecule has 6 nitrogen and oxygen atoms in total. The second-order valence-electron chi connectivity index (χ2n) is 5.08. The van der Waals surface area contributed by atoms with Crippen LogP contribution in [0.2, 0.25) is 0 Å². The van der Waals surface area contributed by atoms with Crippen LogP contribution < -0.4 is 5.32 Å². The highest BCUT2D eigenvalue weighted by atomic mass is 16.6. The highest BCUT2D eigenvalue weighted by Gasteiger charge is 2.39. The smallest absolute Gasteiger partial charge is 0.303 e. The van der Waals surface area contributed by atoms with Gasteiger partial charge >= 0.3 is 5.97 Å². The number of rotatable bonds is 5. The summed E-state index contributed by atoms with van der Waals surface area (Å²) in [5.74, 6) is -1.01. The number of hydrogen-bond donors (Lipinski definition) is 2. The molecule has 0 aromatic carbocycles.